The number of rotatable bonds is 13. The van der Waals surface area contributed by atoms with Crippen LogP contribution in [0.1, 0.15) is 85.5 Å². The Hall–Kier alpha value is 0.0569. The molecule has 4 nitrogen and oxygen atoms in total. The van der Waals surface area contributed by atoms with E-state index in [1.165, 1.54) is 6.42 Å². The fourth-order valence-electron chi connectivity index (χ4n) is 3.20. The zero-order valence-corrected chi connectivity index (χ0v) is 19.9. The number of hydrogen-bond donors (Lipinski definition) is 1. The molecular formula is C22H46O4Si. The Bertz CT molecular complexity index is 375. The summed E-state index contributed by atoms with van der Waals surface area (Å²) < 4.78 is 17.7. The van der Waals surface area contributed by atoms with Crippen molar-refractivity contribution >= 4 is 8.32 Å². The van der Waals surface area contributed by atoms with Crippen molar-refractivity contribution in [1.29, 1.82) is 0 Å². The van der Waals surface area contributed by atoms with Crippen molar-refractivity contribution in [2.75, 3.05) is 19.8 Å². The first-order valence-corrected chi connectivity index (χ1v) is 14.1. The summed E-state index contributed by atoms with van der Waals surface area (Å²) in [6.07, 6.45) is 9.20. The lowest BCUT2D eigenvalue weighted by molar-refractivity contribution is -0.164. The van der Waals surface area contributed by atoms with Crippen LogP contribution in [0.3, 0.4) is 0 Å². The summed E-state index contributed by atoms with van der Waals surface area (Å²) in [5.74, 6) is 0.631. The second-order valence-corrected chi connectivity index (χ2v) is 14.5. The van der Waals surface area contributed by atoms with Gasteiger partial charge in [0.2, 0.25) is 0 Å². The molecule has 0 aliphatic carbocycles. The lowest BCUT2D eigenvalue weighted by atomic mass is 9.94. The van der Waals surface area contributed by atoms with Crippen LogP contribution >= 0.6 is 0 Å². The maximum absolute atomic E-state index is 10.3. The average Bonchev–Trinajstić information content (AvgIpc) is 2.61. The smallest absolute Gasteiger partial charge is 0.191 e. The molecule has 1 aliphatic heterocycles. The molecule has 1 fully saturated rings. The molecule has 0 bridgehead atoms. The summed E-state index contributed by atoms with van der Waals surface area (Å²) in [4.78, 5) is 0. The van der Waals surface area contributed by atoms with Gasteiger partial charge >= 0.3 is 0 Å². The zero-order valence-electron chi connectivity index (χ0n) is 18.9. The van der Waals surface area contributed by atoms with Crippen LogP contribution < -0.4 is 0 Å². The van der Waals surface area contributed by atoms with Gasteiger partial charge in [0.15, 0.2) is 14.6 Å². The van der Waals surface area contributed by atoms with Gasteiger partial charge in [-0.1, -0.05) is 34.1 Å². The lowest BCUT2D eigenvalue weighted by Gasteiger charge is -2.36. The fourth-order valence-corrected chi connectivity index (χ4v) is 4.28. The Balaban J connectivity index is 2.11. The molecule has 1 saturated heterocycles. The molecule has 1 aliphatic rings. The minimum atomic E-state index is -1.65. The van der Waals surface area contributed by atoms with Gasteiger partial charge in [0, 0.05) is 19.8 Å². The largest absolute Gasteiger partial charge is 0.417 e. The first-order chi connectivity index (χ1) is 12.7. The van der Waals surface area contributed by atoms with Gasteiger partial charge in [-0.25, -0.2) is 0 Å². The van der Waals surface area contributed by atoms with Crippen molar-refractivity contribution in [3.05, 3.63) is 0 Å². The van der Waals surface area contributed by atoms with E-state index in [-0.39, 0.29) is 17.4 Å². The third-order valence-electron chi connectivity index (χ3n) is 6.40. The van der Waals surface area contributed by atoms with E-state index in [0.717, 1.165) is 71.2 Å². The molecule has 1 rings (SSSR count). The van der Waals surface area contributed by atoms with Gasteiger partial charge < -0.3 is 19.0 Å². The molecule has 1 heterocycles. The van der Waals surface area contributed by atoms with Crippen molar-refractivity contribution in [3.8, 4) is 0 Å². The van der Waals surface area contributed by atoms with Gasteiger partial charge in [0.25, 0.3) is 0 Å². The van der Waals surface area contributed by atoms with E-state index in [4.69, 9.17) is 13.9 Å². The molecule has 162 valence electrons. The lowest BCUT2D eigenvalue weighted by Crippen LogP contribution is -2.41. The molecule has 0 spiro atoms. The van der Waals surface area contributed by atoms with Crippen molar-refractivity contribution in [1.82, 2.24) is 0 Å². The molecule has 3 atom stereocenters. The van der Waals surface area contributed by atoms with E-state index in [0.29, 0.717) is 5.92 Å². The molecule has 0 saturated carbocycles. The zero-order chi connectivity index (χ0) is 20.3. The molecular weight excluding hydrogens is 356 g/mol. The quantitative estimate of drug-likeness (QED) is 0.308. The van der Waals surface area contributed by atoms with Crippen LogP contribution in [0, 0.1) is 5.92 Å². The number of hydrogen-bond acceptors (Lipinski definition) is 4. The maximum atomic E-state index is 10.3. The fraction of sp³-hybridized carbons (Fsp3) is 1.00. The number of aliphatic hydroxyl groups excluding tert-OH is 1. The third kappa shape index (κ3) is 10.4. The maximum Gasteiger partial charge on any atom is 0.191 e. The van der Waals surface area contributed by atoms with E-state index < -0.39 is 8.32 Å². The van der Waals surface area contributed by atoms with Crippen LogP contribution in [-0.4, -0.2) is 45.6 Å². The minimum absolute atomic E-state index is 0.0164. The first-order valence-electron chi connectivity index (χ1n) is 11.2. The van der Waals surface area contributed by atoms with E-state index in [9.17, 15) is 5.11 Å². The Kier molecular flexibility index (Phi) is 11.7. The normalized spacial score (nSPS) is 21.2. The predicted octanol–water partition coefficient (Wildman–Crippen LogP) is 5.89. The Morgan fingerprint density at radius 1 is 1.07 bits per heavy atom. The molecule has 27 heavy (non-hydrogen) atoms. The average molecular weight is 403 g/mol. The van der Waals surface area contributed by atoms with Crippen LogP contribution in [0.15, 0.2) is 0 Å². The number of aliphatic hydroxyl groups is 1. The molecule has 5 heteroatoms. The molecule has 0 aromatic rings. The highest BCUT2D eigenvalue weighted by molar-refractivity contribution is 6.74. The van der Waals surface area contributed by atoms with Crippen LogP contribution in [0.25, 0.3) is 0 Å². The predicted molar refractivity (Wildman–Crippen MR) is 116 cm³/mol. The van der Waals surface area contributed by atoms with Gasteiger partial charge in [0.1, 0.15) is 0 Å². The summed E-state index contributed by atoms with van der Waals surface area (Å²) in [5, 5.41) is 10.6. The van der Waals surface area contributed by atoms with Crippen LogP contribution in [0.5, 0.6) is 0 Å². The summed E-state index contributed by atoms with van der Waals surface area (Å²) in [7, 11) is -1.65. The van der Waals surface area contributed by atoms with Gasteiger partial charge in [0.05, 0.1) is 6.10 Å². The van der Waals surface area contributed by atoms with Gasteiger partial charge in [-0.05, 0) is 75.4 Å². The SMILES string of the molecule is CCC(CCOC1CCCCO1)CCC(O)CCCO[Si](C)(C)C(C)(C)C. The van der Waals surface area contributed by atoms with Crippen molar-refractivity contribution < 1.29 is 19.0 Å². The topological polar surface area (TPSA) is 47.9 Å². The molecule has 0 aromatic carbocycles. The van der Waals surface area contributed by atoms with E-state index in [2.05, 4.69) is 40.8 Å². The summed E-state index contributed by atoms with van der Waals surface area (Å²) in [6.45, 7) is 16.0. The second-order valence-electron chi connectivity index (χ2n) is 9.71. The molecule has 0 amide bonds. The van der Waals surface area contributed by atoms with Crippen molar-refractivity contribution in [2.45, 2.75) is 116 Å². The highest BCUT2D eigenvalue weighted by Crippen LogP contribution is 2.36. The van der Waals surface area contributed by atoms with Gasteiger partial charge in [-0.3, -0.25) is 0 Å². The van der Waals surface area contributed by atoms with Crippen molar-refractivity contribution in [3.63, 3.8) is 0 Å². The molecule has 3 unspecified atom stereocenters. The number of ether oxygens (including phenoxy) is 2. The molecule has 0 aromatic heterocycles. The Morgan fingerprint density at radius 2 is 1.81 bits per heavy atom. The van der Waals surface area contributed by atoms with E-state index in [1.54, 1.807) is 0 Å². The van der Waals surface area contributed by atoms with Crippen LogP contribution in [-0.2, 0) is 13.9 Å². The Labute approximate surface area is 169 Å². The van der Waals surface area contributed by atoms with Gasteiger partial charge in [-0.2, -0.15) is 0 Å². The standard InChI is InChI=1S/C22H46O4Si/c1-7-19(15-18-25-21-12-8-9-16-24-21)13-14-20(23)11-10-17-26-27(5,6)22(2,3)4/h19-21,23H,7-18H2,1-6H3. The van der Waals surface area contributed by atoms with Gasteiger partial charge in [-0.15, -0.1) is 0 Å². The van der Waals surface area contributed by atoms with E-state index >= 15 is 0 Å². The van der Waals surface area contributed by atoms with E-state index in [1.807, 2.05) is 0 Å². The van der Waals surface area contributed by atoms with Crippen molar-refractivity contribution in [2.24, 2.45) is 5.92 Å². The monoisotopic (exact) mass is 402 g/mol. The van der Waals surface area contributed by atoms with Crippen LogP contribution in [0.2, 0.25) is 18.1 Å². The highest BCUT2D eigenvalue weighted by atomic mass is 28.4. The molecule has 0 radical (unpaired) electrons. The molecule has 1 N–H and O–H groups in total. The summed E-state index contributed by atoms with van der Waals surface area (Å²) in [5.41, 5.74) is 0. The summed E-state index contributed by atoms with van der Waals surface area (Å²) >= 11 is 0. The highest BCUT2D eigenvalue weighted by Gasteiger charge is 2.36. The Morgan fingerprint density at radius 3 is 2.41 bits per heavy atom. The minimum Gasteiger partial charge on any atom is -0.417 e. The van der Waals surface area contributed by atoms with Crippen LogP contribution in [0.4, 0.5) is 0 Å². The summed E-state index contributed by atoms with van der Waals surface area (Å²) in [6, 6.07) is 0. The second kappa shape index (κ2) is 12.6. The third-order valence-corrected chi connectivity index (χ3v) is 10.9. The first kappa shape index (κ1) is 25.1.